The Hall–Kier alpha value is -1.62. The molecule has 0 atom stereocenters. The number of halogens is 1. The van der Waals surface area contributed by atoms with Gasteiger partial charge in [0.25, 0.3) is 5.69 Å². The molecule has 0 aromatic heterocycles. The molecule has 0 bridgehead atoms. The van der Waals surface area contributed by atoms with Crippen LogP contribution in [-0.4, -0.2) is 17.3 Å². The minimum atomic E-state index is -0.634. The molecule has 6 heteroatoms. The maximum atomic E-state index is 11.3. The van der Waals surface area contributed by atoms with E-state index in [-0.39, 0.29) is 27.8 Å². The average Bonchev–Trinajstić information content (AvgIpc) is 2.17. The monoisotopic (exact) mass is 243 g/mol. The number of ether oxygens (including phenoxy) is 1. The predicted molar refractivity (Wildman–Crippen MR) is 59.3 cm³/mol. The third-order valence-electron chi connectivity index (χ3n) is 1.92. The third kappa shape index (κ3) is 2.49. The molecule has 0 aliphatic rings. The van der Waals surface area contributed by atoms with Gasteiger partial charge in [-0.05, 0) is 13.8 Å². The number of benzene rings is 1. The summed E-state index contributed by atoms with van der Waals surface area (Å²) < 4.78 is 5.19. The molecule has 0 saturated carbocycles. The number of nitro groups is 1. The summed E-state index contributed by atoms with van der Waals surface area (Å²) in [7, 11) is 0. The number of rotatable bonds is 4. The normalized spacial score (nSPS) is 9.94. The van der Waals surface area contributed by atoms with Gasteiger partial charge in [0, 0.05) is 12.1 Å². The van der Waals surface area contributed by atoms with Crippen LogP contribution in [0.5, 0.6) is 5.75 Å². The standard InChI is InChI=1S/C10H10ClNO4/c1-3-16-10-5-8(11)9(12(14)15)4-7(10)6(2)13/h4-5H,3H2,1-2H3. The number of Topliss-reactive ketones (excluding diaryl/α,β-unsaturated/α-hetero) is 1. The average molecular weight is 244 g/mol. The number of nitro benzene ring substituents is 1. The quantitative estimate of drug-likeness (QED) is 0.463. The Morgan fingerprint density at radius 1 is 1.56 bits per heavy atom. The van der Waals surface area contributed by atoms with E-state index in [1.165, 1.54) is 13.0 Å². The van der Waals surface area contributed by atoms with Gasteiger partial charge in [-0.2, -0.15) is 0 Å². The SMILES string of the molecule is CCOc1cc(Cl)c([N+](=O)[O-])cc1C(C)=O. The van der Waals surface area contributed by atoms with E-state index in [2.05, 4.69) is 0 Å². The molecule has 0 heterocycles. The first-order chi connectivity index (χ1) is 7.47. The van der Waals surface area contributed by atoms with Gasteiger partial charge >= 0.3 is 0 Å². The fourth-order valence-corrected chi connectivity index (χ4v) is 1.46. The summed E-state index contributed by atoms with van der Waals surface area (Å²) in [5.74, 6) is -0.0335. The van der Waals surface area contributed by atoms with E-state index in [0.29, 0.717) is 6.61 Å². The summed E-state index contributed by atoms with van der Waals surface area (Å²) in [6.07, 6.45) is 0. The van der Waals surface area contributed by atoms with E-state index in [9.17, 15) is 14.9 Å². The molecule has 0 fully saturated rings. The number of hydrogen-bond acceptors (Lipinski definition) is 4. The van der Waals surface area contributed by atoms with Gasteiger partial charge in [0.05, 0.1) is 17.1 Å². The van der Waals surface area contributed by atoms with Crippen molar-refractivity contribution < 1.29 is 14.5 Å². The van der Waals surface area contributed by atoms with Crippen molar-refractivity contribution in [2.45, 2.75) is 13.8 Å². The van der Waals surface area contributed by atoms with Crippen LogP contribution in [0.4, 0.5) is 5.69 Å². The molecule has 0 N–H and O–H groups in total. The van der Waals surface area contributed by atoms with Gasteiger partial charge in [-0.1, -0.05) is 11.6 Å². The number of hydrogen-bond donors (Lipinski definition) is 0. The molecule has 0 radical (unpaired) electrons. The van der Waals surface area contributed by atoms with Gasteiger partial charge in [-0.3, -0.25) is 14.9 Å². The Labute approximate surface area is 97.1 Å². The van der Waals surface area contributed by atoms with Crippen molar-refractivity contribution >= 4 is 23.1 Å². The molecular weight excluding hydrogens is 234 g/mol. The number of nitrogens with zero attached hydrogens (tertiary/aromatic N) is 1. The maximum absolute atomic E-state index is 11.3. The van der Waals surface area contributed by atoms with E-state index in [4.69, 9.17) is 16.3 Å². The first-order valence-corrected chi connectivity index (χ1v) is 4.96. The fourth-order valence-electron chi connectivity index (χ4n) is 1.23. The highest BCUT2D eigenvalue weighted by Crippen LogP contribution is 2.32. The van der Waals surface area contributed by atoms with Crippen molar-refractivity contribution in [3.8, 4) is 5.75 Å². The largest absolute Gasteiger partial charge is 0.493 e. The maximum Gasteiger partial charge on any atom is 0.288 e. The van der Waals surface area contributed by atoms with Crippen molar-refractivity contribution in [1.82, 2.24) is 0 Å². The van der Waals surface area contributed by atoms with Crippen LogP contribution in [0.25, 0.3) is 0 Å². The first-order valence-electron chi connectivity index (χ1n) is 4.59. The molecule has 5 nitrogen and oxygen atoms in total. The lowest BCUT2D eigenvalue weighted by atomic mass is 10.1. The summed E-state index contributed by atoms with van der Waals surface area (Å²) in [5.41, 5.74) is -0.131. The predicted octanol–water partition coefficient (Wildman–Crippen LogP) is 2.85. The summed E-state index contributed by atoms with van der Waals surface area (Å²) >= 11 is 5.70. The summed E-state index contributed by atoms with van der Waals surface area (Å²) in [4.78, 5) is 21.3. The van der Waals surface area contributed by atoms with Crippen molar-refractivity contribution in [1.29, 1.82) is 0 Å². The lowest BCUT2D eigenvalue weighted by molar-refractivity contribution is -0.384. The van der Waals surface area contributed by atoms with Gasteiger partial charge in [0.1, 0.15) is 10.8 Å². The third-order valence-corrected chi connectivity index (χ3v) is 2.23. The second-order valence-electron chi connectivity index (χ2n) is 3.05. The zero-order valence-electron chi connectivity index (χ0n) is 8.82. The molecular formula is C10H10ClNO4. The zero-order valence-corrected chi connectivity index (χ0v) is 9.58. The summed E-state index contributed by atoms with van der Waals surface area (Å²) in [6, 6.07) is 2.43. The van der Waals surface area contributed by atoms with Crippen LogP contribution in [0.1, 0.15) is 24.2 Å². The van der Waals surface area contributed by atoms with Crippen LogP contribution in [0, 0.1) is 10.1 Å². The number of ketones is 1. The van der Waals surface area contributed by atoms with E-state index >= 15 is 0 Å². The van der Waals surface area contributed by atoms with Crippen molar-refractivity contribution in [3.63, 3.8) is 0 Å². The molecule has 0 spiro atoms. The molecule has 1 rings (SSSR count). The topological polar surface area (TPSA) is 69.4 Å². The second kappa shape index (κ2) is 4.94. The number of carbonyl (C=O) groups excluding carboxylic acids is 1. The molecule has 0 unspecified atom stereocenters. The minimum absolute atomic E-state index is 0.0431. The molecule has 0 aliphatic heterocycles. The van der Waals surface area contributed by atoms with Gasteiger partial charge in [0.15, 0.2) is 5.78 Å². The van der Waals surface area contributed by atoms with E-state index in [0.717, 1.165) is 6.07 Å². The zero-order chi connectivity index (χ0) is 12.3. The summed E-state index contributed by atoms with van der Waals surface area (Å²) in [5, 5.41) is 10.6. The molecule has 0 saturated heterocycles. The first kappa shape index (κ1) is 12.4. The summed E-state index contributed by atoms with van der Waals surface area (Å²) in [6.45, 7) is 3.42. The molecule has 1 aromatic carbocycles. The lowest BCUT2D eigenvalue weighted by Crippen LogP contribution is -2.02. The number of carbonyl (C=O) groups is 1. The van der Waals surface area contributed by atoms with Crippen LogP contribution in [0.2, 0.25) is 5.02 Å². The van der Waals surface area contributed by atoms with Crippen LogP contribution in [0.3, 0.4) is 0 Å². The molecule has 1 aromatic rings. The van der Waals surface area contributed by atoms with Crippen LogP contribution >= 0.6 is 11.6 Å². The smallest absolute Gasteiger partial charge is 0.288 e. The van der Waals surface area contributed by atoms with Crippen molar-refractivity contribution in [3.05, 3.63) is 32.8 Å². The Morgan fingerprint density at radius 2 is 2.19 bits per heavy atom. The fraction of sp³-hybridized carbons (Fsp3) is 0.300. The van der Waals surface area contributed by atoms with Crippen LogP contribution in [0.15, 0.2) is 12.1 Å². The lowest BCUT2D eigenvalue weighted by Gasteiger charge is -2.08. The van der Waals surface area contributed by atoms with Gasteiger partial charge in [-0.15, -0.1) is 0 Å². The van der Waals surface area contributed by atoms with E-state index < -0.39 is 4.92 Å². The van der Waals surface area contributed by atoms with Crippen LogP contribution < -0.4 is 4.74 Å². The highest BCUT2D eigenvalue weighted by atomic mass is 35.5. The van der Waals surface area contributed by atoms with Gasteiger partial charge in [0.2, 0.25) is 0 Å². The highest BCUT2D eigenvalue weighted by Gasteiger charge is 2.19. The van der Waals surface area contributed by atoms with Gasteiger partial charge in [-0.25, -0.2) is 0 Å². The molecule has 86 valence electrons. The Bertz CT molecular complexity index is 445. The van der Waals surface area contributed by atoms with E-state index in [1.54, 1.807) is 6.92 Å². The van der Waals surface area contributed by atoms with Crippen LogP contribution in [-0.2, 0) is 0 Å². The van der Waals surface area contributed by atoms with E-state index in [1.807, 2.05) is 0 Å². The molecule has 16 heavy (non-hydrogen) atoms. The highest BCUT2D eigenvalue weighted by molar-refractivity contribution is 6.33. The Morgan fingerprint density at radius 3 is 2.62 bits per heavy atom. The molecule has 0 aliphatic carbocycles. The Balaban J connectivity index is 3.36. The van der Waals surface area contributed by atoms with Gasteiger partial charge < -0.3 is 4.74 Å². The van der Waals surface area contributed by atoms with Crippen molar-refractivity contribution in [2.75, 3.05) is 6.61 Å². The second-order valence-corrected chi connectivity index (χ2v) is 3.45. The minimum Gasteiger partial charge on any atom is -0.493 e. The molecule has 0 amide bonds. The Kier molecular flexibility index (Phi) is 3.84. The van der Waals surface area contributed by atoms with Crippen molar-refractivity contribution in [2.24, 2.45) is 0 Å².